The number of pyridine rings is 1. The van der Waals surface area contributed by atoms with Crippen LogP contribution in [0.5, 0.6) is 11.6 Å². The van der Waals surface area contributed by atoms with Crippen molar-refractivity contribution >= 4 is 5.91 Å². The average Bonchev–Trinajstić information content (AvgIpc) is 3.12. The zero-order chi connectivity index (χ0) is 14.0. The first-order valence-corrected chi connectivity index (χ1v) is 6.48. The minimum atomic E-state index is -0.393. The lowest BCUT2D eigenvalue weighted by molar-refractivity contribution is 0.0945. The lowest BCUT2D eigenvalue weighted by atomic mass is 10.2. The van der Waals surface area contributed by atoms with Crippen LogP contribution in [0.4, 0.5) is 0 Å². The number of carbonyl (C=O) groups excluding carboxylic acids is 1. The topological polar surface area (TPSA) is 60.5 Å². The molecule has 1 N–H and O–H groups in total. The fraction of sp³-hybridized carbons (Fsp3) is 0.571. The zero-order valence-electron chi connectivity index (χ0n) is 11.8. The van der Waals surface area contributed by atoms with E-state index in [0.717, 1.165) is 12.8 Å². The number of aromatic nitrogens is 1. The van der Waals surface area contributed by atoms with Gasteiger partial charge in [0.1, 0.15) is 11.3 Å². The molecule has 104 valence electrons. The third-order valence-electron chi connectivity index (χ3n) is 2.51. The summed E-state index contributed by atoms with van der Waals surface area (Å²) in [5.74, 6) is 0.738. The third-order valence-corrected chi connectivity index (χ3v) is 2.51. The van der Waals surface area contributed by atoms with E-state index in [9.17, 15) is 4.79 Å². The highest BCUT2D eigenvalue weighted by molar-refractivity contribution is 5.92. The van der Waals surface area contributed by atoms with Crippen molar-refractivity contribution in [2.24, 2.45) is 0 Å². The first-order valence-electron chi connectivity index (χ1n) is 6.48. The van der Waals surface area contributed by atoms with Crippen LogP contribution in [0.3, 0.4) is 0 Å². The summed E-state index contributed by atoms with van der Waals surface area (Å²) in [6, 6.07) is 3.39. The standard InChI is InChI=1S/C14H20N2O3/c1-14(2,3)19-13-11(18-9-5-6-9)8-7-10(16-13)12(17)15-4/h7-9H,5-6H2,1-4H3,(H,15,17). The van der Waals surface area contributed by atoms with Gasteiger partial charge in [-0.25, -0.2) is 4.98 Å². The van der Waals surface area contributed by atoms with Gasteiger partial charge in [-0.1, -0.05) is 0 Å². The smallest absolute Gasteiger partial charge is 0.269 e. The number of ether oxygens (including phenoxy) is 2. The van der Waals surface area contributed by atoms with Crippen LogP contribution in [0.1, 0.15) is 44.1 Å². The number of nitrogens with one attached hydrogen (secondary N) is 1. The highest BCUT2D eigenvalue weighted by Gasteiger charge is 2.27. The molecule has 1 saturated carbocycles. The summed E-state index contributed by atoms with van der Waals surface area (Å²) < 4.78 is 11.5. The molecule has 0 radical (unpaired) electrons. The molecule has 1 aliphatic carbocycles. The first-order chi connectivity index (χ1) is 8.89. The largest absolute Gasteiger partial charge is 0.485 e. The molecule has 0 atom stereocenters. The van der Waals surface area contributed by atoms with Gasteiger partial charge in [-0.3, -0.25) is 4.79 Å². The summed E-state index contributed by atoms with van der Waals surface area (Å²) >= 11 is 0. The number of rotatable bonds is 4. The zero-order valence-corrected chi connectivity index (χ0v) is 11.8. The highest BCUT2D eigenvalue weighted by Crippen LogP contribution is 2.34. The van der Waals surface area contributed by atoms with Gasteiger partial charge in [0.25, 0.3) is 11.8 Å². The summed E-state index contributed by atoms with van der Waals surface area (Å²) in [7, 11) is 1.57. The molecule has 5 nitrogen and oxygen atoms in total. The van der Waals surface area contributed by atoms with Crippen molar-refractivity contribution in [2.75, 3.05) is 7.05 Å². The lowest BCUT2D eigenvalue weighted by Gasteiger charge is -2.22. The maximum Gasteiger partial charge on any atom is 0.269 e. The molecule has 2 rings (SSSR count). The van der Waals surface area contributed by atoms with E-state index < -0.39 is 5.60 Å². The van der Waals surface area contributed by atoms with Crippen molar-refractivity contribution in [2.45, 2.75) is 45.3 Å². The monoisotopic (exact) mass is 264 g/mol. The van der Waals surface area contributed by atoms with E-state index in [1.807, 2.05) is 20.8 Å². The van der Waals surface area contributed by atoms with Gasteiger partial charge in [0.2, 0.25) is 0 Å². The molecule has 5 heteroatoms. The molecular weight excluding hydrogens is 244 g/mol. The molecule has 0 spiro atoms. The van der Waals surface area contributed by atoms with Crippen molar-refractivity contribution in [1.82, 2.24) is 10.3 Å². The van der Waals surface area contributed by atoms with E-state index >= 15 is 0 Å². The lowest BCUT2D eigenvalue weighted by Crippen LogP contribution is -2.25. The third kappa shape index (κ3) is 3.84. The Morgan fingerprint density at radius 1 is 1.37 bits per heavy atom. The summed E-state index contributed by atoms with van der Waals surface area (Å²) in [6.07, 6.45) is 2.38. The van der Waals surface area contributed by atoms with Crippen LogP contribution in [0.15, 0.2) is 12.1 Å². The van der Waals surface area contributed by atoms with Crippen LogP contribution in [-0.4, -0.2) is 29.6 Å². The Hall–Kier alpha value is -1.78. The van der Waals surface area contributed by atoms with Gasteiger partial charge < -0.3 is 14.8 Å². The molecule has 0 saturated heterocycles. The summed E-state index contributed by atoms with van der Waals surface area (Å²) in [4.78, 5) is 15.9. The van der Waals surface area contributed by atoms with E-state index in [2.05, 4.69) is 10.3 Å². The van der Waals surface area contributed by atoms with Crippen LogP contribution >= 0.6 is 0 Å². The molecule has 1 amide bonds. The molecule has 0 unspecified atom stereocenters. The number of carbonyl (C=O) groups is 1. The molecule has 1 aliphatic rings. The Labute approximate surface area is 113 Å². The van der Waals surface area contributed by atoms with Gasteiger partial charge >= 0.3 is 0 Å². The Morgan fingerprint density at radius 3 is 2.58 bits per heavy atom. The molecular formula is C14H20N2O3. The summed E-state index contributed by atoms with van der Waals surface area (Å²) in [5.41, 5.74) is -0.0689. The minimum absolute atomic E-state index is 0.239. The predicted molar refractivity (Wildman–Crippen MR) is 71.7 cm³/mol. The van der Waals surface area contributed by atoms with Gasteiger partial charge in [-0.15, -0.1) is 0 Å². The predicted octanol–water partition coefficient (Wildman–Crippen LogP) is 2.16. The van der Waals surface area contributed by atoms with Gasteiger partial charge in [-0.2, -0.15) is 0 Å². The molecule has 0 aliphatic heterocycles. The van der Waals surface area contributed by atoms with Crippen LogP contribution in [0.2, 0.25) is 0 Å². The first kappa shape index (κ1) is 13.6. The SMILES string of the molecule is CNC(=O)c1ccc(OC2CC2)c(OC(C)(C)C)n1. The Morgan fingerprint density at radius 2 is 2.05 bits per heavy atom. The van der Waals surface area contributed by atoms with Crippen LogP contribution < -0.4 is 14.8 Å². The second kappa shape index (κ2) is 5.07. The van der Waals surface area contributed by atoms with Crippen molar-refractivity contribution < 1.29 is 14.3 Å². The Bertz CT molecular complexity index is 476. The maximum absolute atomic E-state index is 11.6. The second-order valence-corrected chi connectivity index (χ2v) is 5.61. The summed E-state index contributed by atoms with van der Waals surface area (Å²) in [5, 5.41) is 2.55. The summed E-state index contributed by atoms with van der Waals surface area (Å²) in [6.45, 7) is 5.80. The van der Waals surface area contributed by atoms with E-state index in [1.165, 1.54) is 0 Å². The number of nitrogens with zero attached hydrogens (tertiary/aromatic N) is 1. The second-order valence-electron chi connectivity index (χ2n) is 5.61. The molecule has 1 aromatic heterocycles. The fourth-order valence-electron chi connectivity index (χ4n) is 1.50. The quantitative estimate of drug-likeness (QED) is 0.905. The fourth-order valence-corrected chi connectivity index (χ4v) is 1.50. The van der Waals surface area contributed by atoms with E-state index in [-0.39, 0.29) is 12.0 Å². The van der Waals surface area contributed by atoms with Gasteiger partial charge in [0.05, 0.1) is 6.10 Å². The maximum atomic E-state index is 11.6. The van der Waals surface area contributed by atoms with Gasteiger partial charge in [0.15, 0.2) is 5.75 Å². The van der Waals surface area contributed by atoms with Crippen LogP contribution in [0, 0.1) is 0 Å². The van der Waals surface area contributed by atoms with Gasteiger partial charge in [-0.05, 0) is 45.7 Å². The number of hydrogen-bond donors (Lipinski definition) is 1. The van der Waals surface area contributed by atoms with E-state index in [4.69, 9.17) is 9.47 Å². The highest BCUT2D eigenvalue weighted by atomic mass is 16.5. The minimum Gasteiger partial charge on any atom is -0.485 e. The molecule has 19 heavy (non-hydrogen) atoms. The van der Waals surface area contributed by atoms with Crippen molar-refractivity contribution in [3.05, 3.63) is 17.8 Å². The van der Waals surface area contributed by atoms with Crippen LogP contribution in [-0.2, 0) is 0 Å². The molecule has 1 aromatic rings. The van der Waals surface area contributed by atoms with Crippen LogP contribution in [0.25, 0.3) is 0 Å². The Balaban J connectivity index is 2.28. The molecule has 0 aromatic carbocycles. The van der Waals surface area contributed by atoms with E-state index in [1.54, 1.807) is 19.2 Å². The van der Waals surface area contributed by atoms with Crippen molar-refractivity contribution in [3.8, 4) is 11.6 Å². The van der Waals surface area contributed by atoms with Crippen molar-refractivity contribution in [1.29, 1.82) is 0 Å². The van der Waals surface area contributed by atoms with Crippen molar-refractivity contribution in [3.63, 3.8) is 0 Å². The number of amides is 1. The van der Waals surface area contributed by atoms with Gasteiger partial charge in [0, 0.05) is 7.05 Å². The normalized spacial score (nSPS) is 14.9. The molecule has 1 heterocycles. The Kier molecular flexibility index (Phi) is 3.64. The molecule has 0 bridgehead atoms. The number of hydrogen-bond acceptors (Lipinski definition) is 4. The average molecular weight is 264 g/mol. The van der Waals surface area contributed by atoms with E-state index in [0.29, 0.717) is 17.3 Å². The molecule has 1 fully saturated rings.